The largest absolute Gasteiger partial charge is 0.443 e. The molecule has 10 heteroatoms. The highest BCUT2D eigenvalue weighted by Gasteiger charge is 2.37. The van der Waals surface area contributed by atoms with Crippen molar-refractivity contribution in [3.8, 4) is 0 Å². The van der Waals surface area contributed by atoms with Gasteiger partial charge >= 0.3 is 6.09 Å². The van der Waals surface area contributed by atoms with Gasteiger partial charge in [-0.1, -0.05) is 0 Å². The van der Waals surface area contributed by atoms with Crippen LogP contribution in [0.1, 0.15) is 26.3 Å². The molecule has 0 aliphatic carbocycles. The summed E-state index contributed by atoms with van der Waals surface area (Å²) in [5, 5.41) is 1.35. The molecule has 0 radical (unpaired) electrons. The SMILES string of the molecule is Cc1cc(S(=O)(=O)N(C(=O)OC(C)(C)C)c2cscn2)c(F)cc1N. The van der Waals surface area contributed by atoms with E-state index in [1.807, 2.05) is 0 Å². The lowest BCUT2D eigenvalue weighted by atomic mass is 10.2. The summed E-state index contributed by atoms with van der Waals surface area (Å²) in [6, 6.07) is 1.97. The van der Waals surface area contributed by atoms with E-state index in [4.69, 9.17) is 10.5 Å². The summed E-state index contributed by atoms with van der Waals surface area (Å²) < 4.78 is 45.7. The molecule has 1 heterocycles. The van der Waals surface area contributed by atoms with Crippen molar-refractivity contribution in [2.24, 2.45) is 0 Å². The Morgan fingerprint density at radius 3 is 2.52 bits per heavy atom. The number of hydrogen-bond acceptors (Lipinski definition) is 7. The molecule has 7 nitrogen and oxygen atoms in total. The van der Waals surface area contributed by atoms with Crippen LogP contribution in [0, 0.1) is 12.7 Å². The third-order valence-electron chi connectivity index (χ3n) is 3.03. The van der Waals surface area contributed by atoms with Gasteiger partial charge in [-0.3, -0.25) is 0 Å². The average Bonchev–Trinajstić information content (AvgIpc) is 2.94. The van der Waals surface area contributed by atoms with Crippen molar-refractivity contribution in [1.29, 1.82) is 0 Å². The van der Waals surface area contributed by atoms with Crippen molar-refractivity contribution in [3.63, 3.8) is 0 Å². The van der Waals surface area contributed by atoms with Crippen LogP contribution in [0.3, 0.4) is 0 Å². The summed E-state index contributed by atoms with van der Waals surface area (Å²) in [6.07, 6.45) is -1.17. The maximum atomic E-state index is 14.3. The number of ether oxygens (including phenoxy) is 1. The molecule has 0 unspecified atom stereocenters. The second kappa shape index (κ2) is 6.60. The van der Waals surface area contributed by atoms with E-state index in [1.54, 1.807) is 20.8 Å². The van der Waals surface area contributed by atoms with Gasteiger partial charge in [0.2, 0.25) is 0 Å². The molecule has 1 aromatic carbocycles. The number of nitrogens with two attached hydrogens (primary N) is 1. The molecule has 0 atom stereocenters. The lowest BCUT2D eigenvalue weighted by molar-refractivity contribution is 0.0608. The van der Waals surface area contributed by atoms with Gasteiger partial charge in [-0.15, -0.1) is 15.6 Å². The summed E-state index contributed by atoms with van der Waals surface area (Å²) >= 11 is 1.09. The van der Waals surface area contributed by atoms with Crippen LogP contribution in [0.4, 0.5) is 20.7 Å². The number of aryl methyl sites for hydroxylation is 1. The van der Waals surface area contributed by atoms with Crippen LogP contribution in [-0.4, -0.2) is 25.1 Å². The second-order valence-electron chi connectivity index (χ2n) is 6.24. The van der Waals surface area contributed by atoms with E-state index in [-0.39, 0.29) is 11.5 Å². The first-order valence-corrected chi connectivity index (χ1v) is 9.54. The number of amides is 1. The smallest absolute Gasteiger partial charge is 0.430 e. The molecule has 0 fully saturated rings. The first-order valence-electron chi connectivity index (χ1n) is 7.15. The number of hydrogen-bond donors (Lipinski definition) is 1. The van der Waals surface area contributed by atoms with E-state index in [0.29, 0.717) is 9.87 Å². The first-order chi connectivity index (χ1) is 11.4. The number of rotatable bonds is 3. The summed E-state index contributed by atoms with van der Waals surface area (Å²) in [5.41, 5.74) is 6.47. The van der Waals surface area contributed by atoms with E-state index in [9.17, 15) is 17.6 Å². The van der Waals surface area contributed by atoms with E-state index >= 15 is 0 Å². The second-order valence-corrected chi connectivity index (χ2v) is 8.71. The fourth-order valence-electron chi connectivity index (χ4n) is 1.89. The Balaban J connectivity index is 2.61. The zero-order chi connectivity index (χ0) is 19.0. The van der Waals surface area contributed by atoms with Crippen LogP contribution < -0.4 is 10.0 Å². The van der Waals surface area contributed by atoms with E-state index < -0.39 is 32.4 Å². The van der Waals surface area contributed by atoms with Gasteiger partial charge in [0, 0.05) is 11.1 Å². The summed E-state index contributed by atoms with van der Waals surface area (Å²) in [7, 11) is -4.59. The van der Waals surface area contributed by atoms with Crippen LogP contribution in [0.15, 0.2) is 27.9 Å². The highest BCUT2D eigenvalue weighted by molar-refractivity contribution is 7.93. The van der Waals surface area contributed by atoms with Crippen LogP contribution in [-0.2, 0) is 14.8 Å². The average molecular weight is 387 g/mol. The van der Waals surface area contributed by atoms with Crippen LogP contribution in [0.2, 0.25) is 0 Å². The maximum absolute atomic E-state index is 14.3. The molecule has 0 aliphatic heterocycles. The molecular weight excluding hydrogens is 369 g/mol. The van der Waals surface area contributed by atoms with Crippen LogP contribution in [0.25, 0.3) is 0 Å². The topological polar surface area (TPSA) is 103 Å². The number of sulfonamides is 1. The van der Waals surface area contributed by atoms with Gasteiger partial charge < -0.3 is 10.5 Å². The Morgan fingerprint density at radius 1 is 1.36 bits per heavy atom. The van der Waals surface area contributed by atoms with Crippen molar-refractivity contribution in [1.82, 2.24) is 4.98 Å². The third-order valence-corrected chi connectivity index (χ3v) is 5.29. The van der Waals surface area contributed by atoms with E-state index in [1.165, 1.54) is 17.8 Å². The minimum Gasteiger partial charge on any atom is -0.443 e. The Bertz CT molecular complexity index is 890. The zero-order valence-corrected chi connectivity index (χ0v) is 15.7. The Hall–Kier alpha value is -2.20. The van der Waals surface area contributed by atoms with Crippen molar-refractivity contribution in [3.05, 3.63) is 34.4 Å². The van der Waals surface area contributed by atoms with Gasteiger partial charge in [-0.25, -0.2) is 22.6 Å². The highest BCUT2D eigenvalue weighted by Crippen LogP contribution is 2.29. The highest BCUT2D eigenvalue weighted by atomic mass is 32.2. The maximum Gasteiger partial charge on any atom is 0.430 e. The Kier molecular flexibility index (Phi) is 5.05. The molecule has 0 saturated carbocycles. The molecule has 1 amide bonds. The molecule has 0 aliphatic rings. The Morgan fingerprint density at radius 2 is 2.00 bits per heavy atom. The van der Waals surface area contributed by atoms with Crippen molar-refractivity contribution >= 4 is 39.0 Å². The number of anilines is 2. The van der Waals surface area contributed by atoms with Crippen LogP contribution in [0.5, 0.6) is 0 Å². The first kappa shape index (κ1) is 19.1. The van der Waals surface area contributed by atoms with Crippen molar-refractivity contribution < 1.29 is 22.3 Å². The summed E-state index contributed by atoms with van der Waals surface area (Å²) in [4.78, 5) is 15.6. The number of carbonyl (C=O) groups excluding carboxylic acids is 1. The fraction of sp³-hybridized carbons (Fsp3) is 0.333. The number of nitrogens with zero attached hydrogens (tertiary/aromatic N) is 2. The Labute approximate surface area is 149 Å². The molecule has 2 aromatic rings. The van der Waals surface area contributed by atoms with E-state index in [0.717, 1.165) is 23.5 Å². The van der Waals surface area contributed by atoms with Gasteiger partial charge in [0.15, 0.2) is 5.82 Å². The molecule has 1 aromatic heterocycles. The molecule has 2 rings (SSSR count). The summed E-state index contributed by atoms with van der Waals surface area (Å²) in [6.45, 7) is 6.30. The molecule has 2 N–H and O–H groups in total. The van der Waals surface area contributed by atoms with Crippen LogP contribution >= 0.6 is 11.3 Å². The molecule has 0 spiro atoms. The normalized spacial score (nSPS) is 12.0. The van der Waals surface area contributed by atoms with Gasteiger partial charge in [0.05, 0.1) is 5.51 Å². The predicted octanol–water partition coefficient (Wildman–Crippen LogP) is 3.30. The molecule has 0 bridgehead atoms. The van der Waals surface area contributed by atoms with Gasteiger partial charge in [0.1, 0.15) is 16.3 Å². The van der Waals surface area contributed by atoms with Gasteiger partial charge in [-0.2, -0.15) is 0 Å². The minimum atomic E-state index is -4.59. The molecule has 136 valence electrons. The fourth-order valence-corrected chi connectivity index (χ4v) is 3.88. The standard InChI is InChI=1S/C15H18FN3O4S2/c1-9-5-12(10(16)6-11(9)17)25(21,22)19(13-7-24-8-18-13)14(20)23-15(2,3)4/h5-8H,17H2,1-4H3. The molecule has 25 heavy (non-hydrogen) atoms. The predicted molar refractivity (Wildman–Crippen MR) is 93.6 cm³/mol. The van der Waals surface area contributed by atoms with Crippen molar-refractivity contribution in [2.45, 2.75) is 38.2 Å². The quantitative estimate of drug-likeness (QED) is 0.811. The molecular formula is C15H18FN3O4S2. The number of carbonyl (C=O) groups is 1. The minimum absolute atomic E-state index is 0.105. The van der Waals surface area contributed by atoms with Gasteiger partial charge in [-0.05, 0) is 45.4 Å². The number of aromatic nitrogens is 1. The van der Waals surface area contributed by atoms with Crippen molar-refractivity contribution in [2.75, 3.05) is 10.0 Å². The number of halogens is 1. The van der Waals surface area contributed by atoms with Gasteiger partial charge in [0.25, 0.3) is 10.0 Å². The lowest BCUT2D eigenvalue weighted by Gasteiger charge is -2.25. The number of thiazole rings is 1. The lowest BCUT2D eigenvalue weighted by Crippen LogP contribution is -2.41. The molecule has 0 saturated heterocycles. The van der Waals surface area contributed by atoms with E-state index in [2.05, 4.69) is 4.98 Å². The number of benzene rings is 1. The monoisotopic (exact) mass is 387 g/mol. The third kappa shape index (κ3) is 4.07. The summed E-state index contributed by atoms with van der Waals surface area (Å²) in [5.74, 6) is -1.24. The number of nitrogen functional groups attached to an aromatic ring is 1. The zero-order valence-electron chi connectivity index (χ0n) is 14.1.